The molecule has 14 heavy (non-hydrogen) atoms. The predicted molar refractivity (Wildman–Crippen MR) is 56.7 cm³/mol. The van der Waals surface area contributed by atoms with Gasteiger partial charge in [0.25, 0.3) is 0 Å². The Morgan fingerprint density at radius 2 is 1.86 bits per heavy atom. The summed E-state index contributed by atoms with van der Waals surface area (Å²) in [6.45, 7) is 2.06. The smallest absolute Gasteiger partial charge is 0.0832 e. The molecule has 0 aliphatic heterocycles. The van der Waals surface area contributed by atoms with Gasteiger partial charge in [0.05, 0.1) is 17.6 Å². The zero-order valence-corrected chi connectivity index (χ0v) is 9.13. The van der Waals surface area contributed by atoms with Gasteiger partial charge >= 0.3 is 0 Å². The van der Waals surface area contributed by atoms with Crippen LogP contribution in [0.5, 0.6) is 0 Å². The van der Waals surface area contributed by atoms with Gasteiger partial charge in [0.1, 0.15) is 0 Å². The molecule has 2 heteroatoms. The summed E-state index contributed by atoms with van der Waals surface area (Å²) in [6.07, 6.45) is 7.77. The first kappa shape index (κ1) is 11.5. The second-order valence-corrected chi connectivity index (χ2v) is 4.49. The second kappa shape index (κ2) is 5.36. The highest BCUT2D eigenvalue weighted by atomic mass is 16.3. The fourth-order valence-electron chi connectivity index (χ4n) is 2.43. The monoisotopic (exact) mass is 195 g/mol. The number of hydrogen-bond acceptors (Lipinski definition) is 2. The minimum Gasteiger partial charge on any atom is -0.391 e. The summed E-state index contributed by atoms with van der Waals surface area (Å²) in [5.74, 6) is 0. The zero-order chi connectivity index (χ0) is 10.4. The van der Waals surface area contributed by atoms with Crippen molar-refractivity contribution in [1.82, 2.24) is 0 Å². The van der Waals surface area contributed by atoms with Crippen LogP contribution in [0.4, 0.5) is 0 Å². The maximum atomic E-state index is 10.0. The van der Waals surface area contributed by atoms with Gasteiger partial charge in [-0.15, -0.1) is 0 Å². The number of aliphatic hydroxyl groups excluding tert-OH is 1. The van der Waals surface area contributed by atoms with Gasteiger partial charge in [-0.3, -0.25) is 0 Å². The molecule has 80 valence electrons. The molecule has 1 fully saturated rings. The van der Waals surface area contributed by atoms with Gasteiger partial charge in [-0.1, -0.05) is 39.0 Å². The standard InChI is InChI=1S/C12H21NO/c1-2-7-11(14)12(10-13)8-5-3-4-6-9-12/h11,14H,2-9H2,1H3. The summed E-state index contributed by atoms with van der Waals surface area (Å²) in [7, 11) is 0. The molecule has 0 aromatic carbocycles. The third-order valence-corrected chi connectivity index (χ3v) is 3.42. The Bertz CT molecular complexity index is 199. The molecular formula is C12H21NO. The van der Waals surface area contributed by atoms with Crippen molar-refractivity contribution in [2.45, 2.75) is 64.4 Å². The number of nitrogens with zero attached hydrogens (tertiary/aromatic N) is 1. The molecule has 1 rings (SSSR count). The Hall–Kier alpha value is -0.550. The Kier molecular flexibility index (Phi) is 4.41. The van der Waals surface area contributed by atoms with Crippen molar-refractivity contribution in [2.24, 2.45) is 5.41 Å². The quantitative estimate of drug-likeness (QED) is 0.703. The van der Waals surface area contributed by atoms with Crippen LogP contribution in [0.3, 0.4) is 0 Å². The Morgan fingerprint density at radius 3 is 2.29 bits per heavy atom. The highest BCUT2D eigenvalue weighted by Crippen LogP contribution is 2.38. The SMILES string of the molecule is CCCC(O)C1(C#N)CCCCCC1. The van der Waals surface area contributed by atoms with E-state index in [1.807, 2.05) is 0 Å². The van der Waals surface area contributed by atoms with Crippen LogP contribution in [-0.2, 0) is 0 Å². The molecule has 1 atom stereocenters. The van der Waals surface area contributed by atoms with Crippen molar-refractivity contribution in [3.63, 3.8) is 0 Å². The first-order chi connectivity index (χ1) is 6.75. The highest BCUT2D eigenvalue weighted by molar-refractivity contribution is 5.04. The summed E-state index contributed by atoms with van der Waals surface area (Å²) in [5, 5.41) is 19.3. The molecule has 1 unspecified atom stereocenters. The minimum absolute atomic E-state index is 0.407. The van der Waals surface area contributed by atoms with Gasteiger partial charge < -0.3 is 5.11 Å². The van der Waals surface area contributed by atoms with Crippen molar-refractivity contribution >= 4 is 0 Å². The van der Waals surface area contributed by atoms with Crippen molar-refractivity contribution in [2.75, 3.05) is 0 Å². The molecule has 1 aliphatic rings. The number of hydrogen-bond donors (Lipinski definition) is 1. The molecule has 0 spiro atoms. The van der Waals surface area contributed by atoms with Crippen molar-refractivity contribution in [1.29, 1.82) is 5.26 Å². The van der Waals surface area contributed by atoms with E-state index in [0.29, 0.717) is 0 Å². The first-order valence-corrected chi connectivity index (χ1v) is 5.84. The van der Waals surface area contributed by atoms with Crippen LogP contribution in [0.1, 0.15) is 58.3 Å². The van der Waals surface area contributed by atoms with Crippen LogP contribution < -0.4 is 0 Å². The van der Waals surface area contributed by atoms with Crippen LogP contribution in [0, 0.1) is 16.7 Å². The van der Waals surface area contributed by atoms with Gasteiger partial charge in [0.2, 0.25) is 0 Å². The molecule has 0 bridgehead atoms. The van der Waals surface area contributed by atoms with E-state index < -0.39 is 11.5 Å². The zero-order valence-electron chi connectivity index (χ0n) is 9.13. The van der Waals surface area contributed by atoms with Crippen LogP contribution in [0.2, 0.25) is 0 Å². The largest absolute Gasteiger partial charge is 0.391 e. The van der Waals surface area contributed by atoms with Crippen LogP contribution >= 0.6 is 0 Å². The number of aliphatic hydroxyl groups is 1. The van der Waals surface area contributed by atoms with E-state index in [1.165, 1.54) is 12.8 Å². The summed E-state index contributed by atoms with van der Waals surface area (Å²) in [6, 6.07) is 2.39. The number of nitriles is 1. The van der Waals surface area contributed by atoms with Crippen LogP contribution in [-0.4, -0.2) is 11.2 Å². The molecule has 0 heterocycles. The van der Waals surface area contributed by atoms with Crippen molar-refractivity contribution < 1.29 is 5.11 Å². The van der Waals surface area contributed by atoms with E-state index in [1.54, 1.807) is 0 Å². The summed E-state index contributed by atoms with van der Waals surface area (Å²) >= 11 is 0. The van der Waals surface area contributed by atoms with Crippen molar-refractivity contribution in [3.8, 4) is 6.07 Å². The second-order valence-electron chi connectivity index (χ2n) is 4.49. The van der Waals surface area contributed by atoms with E-state index in [2.05, 4.69) is 13.0 Å². The molecule has 1 saturated carbocycles. The summed E-state index contributed by atoms with van der Waals surface area (Å²) < 4.78 is 0. The summed E-state index contributed by atoms with van der Waals surface area (Å²) in [5.41, 5.74) is -0.424. The molecule has 0 saturated heterocycles. The summed E-state index contributed by atoms with van der Waals surface area (Å²) in [4.78, 5) is 0. The lowest BCUT2D eigenvalue weighted by molar-refractivity contribution is 0.0449. The van der Waals surface area contributed by atoms with Gasteiger partial charge in [-0.25, -0.2) is 0 Å². The molecule has 1 N–H and O–H groups in total. The van der Waals surface area contributed by atoms with E-state index in [0.717, 1.165) is 38.5 Å². The number of rotatable bonds is 3. The highest BCUT2D eigenvalue weighted by Gasteiger charge is 2.37. The Labute approximate surface area is 86.9 Å². The average Bonchev–Trinajstić information content (AvgIpc) is 2.44. The van der Waals surface area contributed by atoms with Crippen LogP contribution in [0.15, 0.2) is 0 Å². The lowest BCUT2D eigenvalue weighted by Crippen LogP contribution is -2.33. The predicted octanol–water partition coefficient (Wildman–Crippen LogP) is 3.01. The average molecular weight is 195 g/mol. The van der Waals surface area contributed by atoms with E-state index >= 15 is 0 Å². The maximum Gasteiger partial charge on any atom is 0.0832 e. The molecule has 0 aromatic rings. The van der Waals surface area contributed by atoms with Crippen molar-refractivity contribution in [3.05, 3.63) is 0 Å². The molecule has 2 nitrogen and oxygen atoms in total. The fourth-order valence-corrected chi connectivity index (χ4v) is 2.43. The lowest BCUT2D eigenvalue weighted by Gasteiger charge is -2.30. The minimum atomic E-state index is -0.424. The third kappa shape index (κ3) is 2.48. The molecule has 0 aromatic heterocycles. The van der Waals surface area contributed by atoms with Gasteiger partial charge in [0.15, 0.2) is 0 Å². The maximum absolute atomic E-state index is 10.0. The van der Waals surface area contributed by atoms with Gasteiger partial charge in [-0.05, 0) is 19.3 Å². The third-order valence-electron chi connectivity index (χ3n) is 3.42. The van der Waals surface area contributed by atoms with Gasteiger partial charge in [0, 0.05) is 0 Å². The molecular weight excluding hydrogens is 174 g/mol. The Morgan fingerprint density at radius 1 is 1.29 bits per heavy atom. The van der Waals surface area contributed by atoms with Gasteiger partial charge in [-0.2, -0.15) is 5.26 Å². The first-order valence-electron chi connectivity index (χ1n) is 5.84. The van der Waals surface area contributed by atoms with E-state index in [-0.39, 0.29) is 0 Å². The van der Waals surface area contributed by atoms with E-state index in [4.69, 9.17) is 0 Å². The molecule has 1 aliphatic carbocycles. The molecule has 0 amide bonds. The van der Waals surface area contributed by atoms with E-state index in [9.17, 15) is 10.4 Å². The van der Waals surface area contributed by atoms with Crippen LogP contribution in [0.25, 0.3) is 0 Å². The fraction of sp³-hybridized carbons (Fsp3) is 0.917. The molecule has 0 radical (unpaired) electrons. The lowest BCUT2D eigenvalue weighted by atomic mass is 9.75. The Balaban J connectivity index is 2.67. The topological polar surface area (TPSA) is 44.0 Å². The normalized spacial score (nSPS) is 23.5.